The van der Waals surface area contributed by atoms with E-state index in [1.54, 1.807) is 6.08 Å². The lowest BCUT2D eigenvalue weighted by Crippen LogP contribution is -2.13. The maximum Gasteiger partial charge on any atom is 0.125 e. The number of nitrogens with zero attached hydrogens (tertiary/aromatic N) is 1. The Morgan fingerprint density at radius 2 is 2.56 bits per heavy atom. The standard InChI is InChI=1S/C6H9ClN2/c1-4-2-5(8)3-6(7)9-4/h3-4H,2,8H2,1H3/t4-/m1/s1. The number of hydrogen-bond donors (Lipinski definition) is 1. The van der Waals surface area contributed by atoms with Crippen molar-refractivity contribution in [3.8, 4) is 0 Å². The van der Waals surface area contributed by atoms with E-state index >= 15 is 0 Å². The zero-order valence-electron chi connectivity index (χ0n) is 5.26. The van der Waals surface area contributed by atoms with Crippen LogP contribution in [0.25, 0.3) is 0 Å². The Morgan fingerprint density at radius 1 is 1.89 bits per heavy atom. The summed E-state index contributed by atoms with van der Waals surface area (Å²) in [5.41, 5.74) is 6.33. The first-order valence-corrected chi connectivity index (χ1v) is 3.25. The summed E-state index contributed by atoms with van der Waals surface area (Å²) in [6.07, 6.45) is 2.53. The number of nitrogens with two attached hydrogens (primary N) is 1. The van der Waals surface area contributed by atoms with E-state index < -0.39 is 0 Å². The van der Waals surface area contributed by atoms with Crippen molar-refractivity contribution in [2.45, 2.75) is 19.4 Å². The van der Waals surface area contributed by atoms with Gasteiger partial charge >= 0.3 is 0 Å². The van der Waals surface area contributed by atoms with Gasteiger partial charge in [-0.25, -0.2) is 0 Å². The molecule has 9 heavy (non-hydrogen) atoms. The van der Waals surface area contributed by atoms with Crippen molar-refractivity contribution in [2.24, 2.45) is 10.7 Å². The summed E-state index contributed by atoms with van der Waals surface area (Å²) < 4.78 is 0. The maximum atomic E-state index is 5.60. The summed E-state index contributed by atoms with van der Waals surface area (Å²) in [7, 11) is 0. The minimum Gasteiger partial charge on any atom is -0.402 e. The smallest absolute Gasteiger partial charge is 0.125 e. The first-order valence-electron chi connectivity index (χ1n) is 2.88. The minimum atomic E-state index is 0.252. The number of rotatable bonds is 0. The highest BCUT2D eigenvalue weighted by molar-refractivity contribution is 6.68. The van der Waals surface area contributed by atoms with Gasteiger partial charge in [-0.3, -0.25) is 4.99 Å². The van der Waals surface area contributed by atoms with Crippen LogP contribution >= 0.6 is 11.6 Å². The van der Waals surface area contributed by atoms with Gasteiger partial charge in [0.25, 0.3) is 0 Å². The summed E-state index contributed by atoms with van der Waals surface area (Å²) in [4.78, 5) is 4.06. The van der Waals surface area contributed by atoms with Gasteiger partial charge in [-0.05, 0) is 13.0 Å². The van der Waals surface area contributed by atoms with Crippen molar-refractivity contribution in [2.75, 3.05) is 0 Å². The molecule has 1 heterocycles. The van der Waals surface area contributed by atoms with Gasteiger partial charge in [0.2, 0.25) is 0 Å². The Morgan fingerprint density at radius 3 is 3.00 bits per heavy atom. The van der Waals surface area contributed by atoms with Gasteiger partial charge in [-0.2, -0.15) is 0 Å². The fourth-order valence-corrected chi connectivity index (χ4v) is 1.15. The molecular formula is C6H9ClN2. The molecule has 2 nitrogen and oxygen atoms in total. The van der Waals surface area contributed by atoms with Crippen molar-refractivity contribution < 1.29 is 0 Å². The zero-order chi connectivity index (χ0) is 6.85. The van der Waals surface area contributed by atoms with E-state index in [2.05, 4.69) is 4.99 Å². The molecule has 0 aromatic rings. The molecule has 2 N–H and O–H groups in total. The van der Waals surface area contributed by atoms with E-state index in [4.69, 9.17) is 17.3 Å². The first kappa shape index (κ1) is 6.62. The van der Waals surface area contributed by atoms with Crippen molar-refractivity contribution in [1.29, 1.82) is 0 Å². The molecule has 0 bridgehead atoms. The van der Waals surface area contributed by atoms with E-state index in [1.165, 1.54) is 0 Å². The summed E-state index contributed by atoms with van der Waals surface area (Å²) in [5.74, 6) is 0. The molecule has 0 saturated carbocycles. The van der Waals surface area contributed by atoms with Crippen molar-refractivity contribution in [3.05, 3.63) is 11.8 Å². The Balaban J connectivity index is 2.74. The molecule has 0 amide bonds. The molecule has 0 fully saturated rings. The van der Waals surface area contributed by atoms with E-state index in [0.29, 0.717) is 5.17 Å². The maximum absolute atomic E-state index is 5.60. The Hall–Kier alpha value is -0.500. The van der Waals surface area contributed by atoms with Crippen LogP contribution in [0.1, 0.15) is 13.3 Å². The highest BCUT2D eigenvalue weighted by atomic mass is 35.5. The molecule has 0 radical (unpaired) electrons. The van der Waals surface area contributed by atoms with Crippen LogP contribution < -0.4 is 5.73 Å². The second-order valence-corrected chi connectivity index (χ2v) is 2.61. The monoisotopic (exact) mass is 144 g/mol. The molecule has 1 aliphatic rings. The number of dihydropyridines is 1. The van der Waals surface area contributed by atoms with E-state index in [0.717, 1.165) is 12.1 Å². The second-order valence-electron chi connectivity index (χ2n) is 2.22. The van der Waals surface area contributed by atoms with Crippen molar-refractivity contribution in [3.63, 3.8) is 0 Å². The summed E-state index contributed by atoms with van der Waals surface area (Å²) in [5, 5.41) is 0.520. The summed E-state index contributed by atoms with van der Waals surface area (Å²) in [6, 6.07) is 0.252. The molecule has 0 spiro atoms. The van der Waals surface area contributed by atoms with Gasteiger partial charge in [0, 0.05) is 12.1 Å². The third-order valence-electron chi connectivity index (χ3n) is 1.18. The summed E-state index contributed by atoms with van der Waals surface area (Å²) >= 11 is 5.60. The lowest BCUT2D eigenvalue weighted by molar-refractivity contribution is 0.722. The van der Waals surface area contributed by atoms with Gasteiger partial charge in [0.05, 0.1) is 6.04 Å². The number of allylic oxidation sites excluding steroid dienone is 1. The highest BCUT2D eigenvalue weighted by Crippen LogP contribution is 2.11. The van der Waals surface area contributed by atoms with E-state index in [-0.39, 0.29) is 6.04 Å². The molecule has 0 aromatic heterocycles. The molecular weight excluding hydrogens is 136 g/mol. The third kappa shape index (κ3) is 1.72. The normalized spacial score (nSPS) is 27.1. The quantitative estimate of drug-likeness (QED) is 0.546. The van der Waals surface area contributed by atoms with Gasteiger partial charge in [-0.15, -0.1) is 0 Å². The molecule has 0 unspecified atom stereocenters. The fraction of sp³-hybridized carbons (Fsp3) is 0.500. The summed E-state index contributed by atoms with van der Waals surface area (Å²) in [6.45, 7) is 1.99. The zero-order valence-corrected chi connectivity index (χ0v) is 6.02. The van der Waals surface area contributed by atoms with Gasteiger partial charge in [-0.1, -0.05) is 11.6 Å². The van der Waals surface area contributed by atoms with Crippen LogP contribution in [0, 0.1) is 0 Å². The lowest BCUT2D eigenvalue weighted by atomic mass is 10.1. The molecule has 0 aromatic carbocycles. The van der Waals surface area contributed by atoms with Gasteiger partial charge in [0.1, 0.15) is 5.17 Å². The Bertz CT molecular complexity index is 172. The molecule has 0 saturated heterocycles. The van der Waals surface area contributed by atoms with Crippen molar-refractivity contribution >= 4 is 16.8 Å². The number of hydrogen-bond acceptors (Lipinski definition) is 2. The average molecular weight is 145 g/mol. The molecule has 1 aliphatic heterocycles. The largest absolute Gasteiger partial charge is 0.402 e. The predicted molar refractivity (Wildman–Crippen MR) is 39.6 cm³/mol. The van der Waals surface area contributed by atoms with Crippen LogP contribution in [0.15, 0.2) is 16.8 Å². The van der Waals surface area contributed by atoms with Crippen LogP contribution in [-0.4, -0.2) is 11.2 Å². The molecule has 1 rings (SSSR count). The van der Waals surface area contributed by atoms with Crippen LogP contribution in [0.5, 0.6) is 0 Å². The second kappa shape index (κ2) is 2.40. The highest BCUT2D eigenvalue weighted by Gasteiger charge is 2.07. The Kier molecular flexibility index (Phi) is 1.76. The third-order valence-corrected chi connectivity index (χ3v) is 1.39. The van der Waals surface area contributed by atoms with Crippen LogP contribution in [0.2, 0.25) is 0 Å². The predicted octanol–water partition coefficient (Wildman–Crippen LogP) is 1.26. The van der Waals surface area contributed by atoms with E-state index in [9.17, 15) is 0 Å². The first-order chi connectivity index (χ1) is 4.18. The van der Waals surface area contributed by atoms with Crippen LogP contribution in [0.4, 0.5) is 0 Å². The Labute approximate surface area is 59.4 Å². The van der Waals surface area contributed by atoms with Crippen LogP contribution in [0.3, 0.4) is 0 Å². The van der Waals surface area contributed by atoms with Crippen LogP contribution in [-0.2, 0) is 0 Å². The lowest BCUT2D eigenvalue weighted by Gasteiger charge is -2.11. The number of halogens is 1. The SMILES string of the molecule is C[C@@H]1CC(N)=CC(Cl)=N1. The minimum absolute atomic E-state index is 0.252. The molecule has 1 atom stereocenters. The average Bonchev–Trinajstić information content (AvgIpc) is 1.59. The topological polar surface area (TPSA) is 38.4 Å². The van der Waals surface area contributed by atoms with Gasteiger partial charge in [0.15, 0.2) is 0 Å². The molecule has 3 heteroatoms. The van der Waals surface area contributed by atoms with E-state index in [1.807, 2.05) is 6.92 Å². The van der Waals surface area contributed by atoms with Crippen molar-refractivity contribution in [1.82, 2.24) is 0 Å². The molecule has 50 valence electrons. The number of aliphatic imine (C=N–C) groups is 1. The fourth-order valence-electron chi connectivity index (χ4n) is 0.846. The van der Waals surface area contributed by atoms with Gasteiger partial charge < -0.3 is 5.73 Å². The molecule has 0 aliphatic carbocycles.